The van der Waals surface area contributed by atoms with Gasteiger partial charge in [0.25, 0.3) is 5.56 Å². The lowest BCUT2D eigenvalue weighted by Gasteiger charge is -2.11. The summed E-state index contributed by atoms with van der Waals surface area (Å²) >= 11 is 0. The molecule has 0 bridgehead atoms. The molecule has 1 atom stereocenters. The van der Waals surface area contributed by atoms with Crippen molar-refractivity contribution >= 4 is 0 Å². The number of aromatic nitrogens is 2. The first-order valence-electron chi connectivity index (χ1n) is 6.67. The summed E-state index contributed by atoms with van der Waals surface area (Å²) < 4.78 is 8.10. The fourth-order valence-corrected chi connectivity index (χ4v) is 2.36. The smallest absolute Gasteiger partial charge is 0.330 e. The number of hydrogen-bond acceptors (Lipinski definition) is 4. The van der Waals surface area contributed by atoms with Gasteiger partial charge < -0.3 is 14.6 Å². The zero-order valence-electron chi connectivity index (χ0n) is 11.5. The maximum absolute atomic E-state index is 11.9. The molecule has 1 N–H and O–H groups in total. The molecule has 2 rings (SSSR count). The number of nitrogens with zero attached hydrogens (tertiary/aromatic N) is 2. The first kappa shape index (κ1) is 14.0. The summed E-state index contributed by atoms with van der Waals surface area (Å²) in [6.07, 6.45) is 5.20. The highest BCUT2D eigenvalue weighted by atomic mass is 16.5. The van der Waals surface area contributed by atoms with E-state index < -0.39 is 0 Å². The van der Waals surface area contributed by atoms with Gasteiger partial charge in [0.1, 0.15) is 0 Å². The van der Waals surface area contributed by atoms with Crippen LogP contribution in [-0.2, 0) is 25.4 Å². The molecule has 0 spiro atoms. The zero-order chi connectivity index (χ0) is 13.8. The SMILES string of the molecule is Cn1cc(CNCCC2CCCO2)c(=O)n(C)c1=O. The standard InChI is InChI=1S/C13H21N3O3/c1-15-9-10(12(17)16(2)13(15)18)8-14-6-5-11-4-3-7-19-11/h9,11,14H,3-8H2,1-2H3. The minimum absolute atomic E-state index is 0.229. The normalized spacial score (nSPS) is 18.9. The summed E-state index contributed by atoms with van der Waals surface area (Å²) in [6, 6.07) is 0. The Balaban J connectivity index is 1.89. The Morgan fingerprint density at radius 3 is 2.89 bits per heavy atom. The highest BCUT2D eigenvalue weighted by molar-refractivity contribution is 5.05. The third kappa shape index (κ3) is 3.33. The van der Waals surface area contributed by atoms with Gasteiger partial charge in [0.05, 0.1) is 6.10 Å². The number of hydrogen-bond donors (Lipinski definition) is 1. The monoisotopic (exact) mass is 267 g/mol. The van der Waals surface area contributed by atoms with Crippen molar-refractivity contribution in [2.75, 3.05) is 13.2 Å². The Labute approximate surface area is 112 Å². The first-order valence-corrected chi connectivity index (χ1v) is 6.67. The average molecular weight is 267 g/mol. The fourth-order valence-electron chi connectivity index (χ4n) is 2.36. The van der Waals surface area contributed by atoms with Gasteiger partial charge in [-0.05, 0) is 25.8 Å². The molecule has 1 aliphatic heterocycles. The Bertz CT molecular complexity index is 541. The lowest BCUT2D eigenvalue weighted by atomic mass is 10.2. The van der Waals surface area contributed by atoms with Crippen molar-refractivity contribution in [1.29, 1.82) is 0 Å². The predicted molar refractivity (Wildman–Crippen MR) is 72.2 cm³/mol. The quantitative estimate of drug-likeness (QED) is 0.747. The van der Waals surface area contributed by atoms with Gasteiger partial charge in [0, 0.05) is 39.0 Å². The second-order valence-corrected chi connectivity index (χ2v) is 5.01. The minimum atomic E-state index is -0.298. The minimum Gasteiger partial charge on any atom is -0.378 e. The highest BCUT2D eigenvalue weighted by Gasteiger charge is 2.14. The topological polar surface area (TPSA) is 65.3 Å². The maximum atomic E-state index is 11.9. The Hall–Kier alpha value is -1.40. The molecule has 2 heterocycles. The van der Waals surface area contributed by atoms with Crippen molar-refractivity contribution in [2.45, 2.75) is 31.9 Å². The first-order chi connectivity index (χ1) is 9.09. The molecule has 0 radical (unpaired) electrons. The predicted octanol–water partition coefficient (Wildman–Crippen LogP) is -0.257. The van der Waals surface area contributed by atoms with Gasteiger partial charge in [0.15, 0.2) is 0 Å². The molecule has 1 aliphatic rings. The van der Waals surface area contributed by atoms with Gasteiger partial charge in [0.2, 0.25) is 0 Å². The lowest BCUT2D eigenvalue weighted by Crippen LogP contribution is -2.39. The van der Waals surface area contributed by atoms with E-state index in [0.29, 0.717) is 18.2 Å². The van der Waals surface area contributed by atoms with E-state index in [2.05, 4.69) is 5.32 Å². The van der Waals surface area contributed by atoms with Crippen LogP contribution in [0.15, 0.2) is 15.8 Å². The largest absolute Gasteiger partial charge is 0.378 e. The van der Waals surface area contributed by atoms with Gasteiger partial charge >= 0.3 is 5.69 Å². The maximum Gasteiger partial charge on any atom is 0.330 e. The molecule has 1 fully saturated rings. The van der Waals surface area contributed by atoms with E-state index in [0.717, 1.165) is 37.0 Å². The third-order valence-corrected chi connectivity index (χ3v) is 3.50. The van der Waals surface area contributed by atoms with Crippen LogP contribution >= 0.6 is 0 Å². The van der Waals surface area contributed by atoms with Gasteiger partial charge in [-0.3, -0.25) is 9.36 Å². The van der Waals surface area contributed by atoms with Crippen LogP contribution in [0.2, 0.25) is 0 Å². The molecular formula is C13H21N3O3. The van der Waals surface area contributed by atoms with Crippen LogP contribution in [0.4, 0.5) is 0 Å². The Morgan fingerprint density at radius 1 is 1.42 bits per heavy atom. The zero-order valence-corrected chi connectivity index (χ0v) is 11.5. The van der Waals surface area contributed by atoms with E-state index in [9.17, 15) is 9.59 Å². The summed E-state index contributed by atoms with van der Waals surface area (Å²) in [5.41, 5.74) is 0.0813. The molecule has 6 heteroatoms. The number of rotatable bonds is 5. The van der Waals surface area contributed by atoms with Gasteiger partial charge in [-0.1, -0.05) is 0 Å². The number of nitrogens with one attached hydrogen (secondary N) is 1. The molecule has 0 amide bonds. The molecular weight excluding hydrogens is 246 g/mol. The van der Waals surface area contributed by atoms with E-state index in [1.807, 2.05) is 0 Å². The molecule has 1 saturated heterocycles. The second-order valence-electron chi connectivity index (χ2n) is 5.01. The van der Waals surface area contributed by atoms with E-state index in [1.54, 1.807) is 13.2 Å². The van der Waals surface area contributed by atoms with Gasteiger partial charge in [-0.2, -0.15) is 0 Å². The van der Waals surface area contributed by atoms with Crippen LogP contribution in [0, 0.1) is 0 Å². The van der Waals surface area contributed by atoms with E-state index in [1.165, 1.54) is 11.6 Å². The third-order valence-electron chi connectivity index (χ3n) is 3.50. The van der Waals surface area contributed by atoms with E-state index >= 15 is 0 Å². The molecule has 0 aliphatic carbocycles. The van der Waals surface area contributed by atoms with Crippen LogP contribution in [0.5, 0.6) is 0 Å². The van der Waals surface area contributed by atoms with Crippen LogP contribution in [-0.4, -0.2) is 28.4 Å². The molecule has 0 aromatic carbocycles. The second kappa shape index (κ2) is 6.16. The van der Waals surface area contributed by atoms with Crippen molar-refractivity contribution in [2.24, 2.45) is 14.1 Å². The van der Waals surface area contributed by atoms with Crippen LogP contribution in [0.25, 0.3) is 0 Å². The summed E-state index contributed by atoms with van der Waals surface area (Å²) in [5, 5.41) is 3.23. The summed E-state index contributed by atoms with van der Waals surface area (Å²) in [6.45, 7) is 2.16. The summed E-state index contributed by atoms with van der Waals surface area (Å²) in [4.78, 5) is 23.4. The van der Waals surface area contributed by atoms with Crippen LogP contribution < -0.4 is 16.6 Å². The number of aryl methyl sites for hydroxylation is 1. The van der Waals surface area contributed by atoms with Gasteiger partial charge in [-0.25, -0.2) is 4.79 Å². The highest BCUT2D eigenvalue weighted by Crippen LogP contribution is 2.14. The summed E-state index contributed by atoms with van der Waals surface area (Å²) in [5.74, 6) is 0. The van der Waals surface area contributed by atoms with Crippen molar-refractivity contribution in [3.05, 3.63) is 32.6 Å². The van der Waals surface area contributed by atoms with Gasteiger partial charge in [-0.15, -0.1) is 0 Å². The average Bonchev–Trinajstić information content (AvgIpc) is 2.91. The molecule has 1 aromatic heterocycles. The van der Waals surface area contributed by atoms with Crippen LogP contribution in [0.3, 0.4) is 0 Å². The molecule has 0 saturated carbocycles. The van der Waals surface area contributed by atoms with Crippen molar-refractivity contribution in [3.8, 4) is 0 Å². The van der Waals surface area contributed by atoms with Crippen molar-refractivity contribution in [1.82, 2.24) is 14.5 Å². The molecule has 19 heavy (non-hydrogen) atoms. The van der Waals surface area contributed by atoms with Crippen molar-refractivity contribution in [3.63, 3.8) is 0 Å². The van der Waals surface area contributed by atoms with E-state index in [4.69, 9.17) is 4.74 Å². The molecule has 6 nitrogen and oxygen atoms in total. The molecule has 106 valence electrons. The molecule has 1 aromatic rings. The molecule has 1 unspecified atom stereocenters. The van der Waals surface area contributed by atoms with Crippen LogP contribution in [0.1, 0.15) is 24.8 Å². The van der Waals surface area contributed by atoms with Crippen molar-refractivity contribution < 1.29 is 4.74 Å². The number of ether oxygens (including phenoxy) is 1. The fraction of sp³-hybridized carbons (Fsp3) is 0.692. The Morgan fingerprint density at radius 2 is 2.21 bits per heavy atom. The lowest BCUT2D eigenvalue weighted by molar-refractivity contribution is 0.104. The Kier molecular flexibility index (Phi) is 4.55. The summed E-state index contributed by atoms with van der Waals surface area (Å²) in [7, 11) is 3.15. The van der Waals surface area contributed by atoms with E-state index in [-0.39, 0.29) is 11.2 Å².